The predicted molar refractivity (Wildman–Crippen MR) is 34.4 cm³/mol. The van der Waals surface area contributed by atoms with Crippen molar-refractivity contribution in [3.05, 3.63) is 19.1 Å². The molecule has 0 aromatic carbocycles. The molecule has 44 valence electrons. The van der Waals surface area contributed by atoms with Crippen molar-refractivity contribution >= 4 is 5.78 Å². The van der Waals surface area contributed by atoms with Crippen molar-refractivity contribution in [3.8, 4) is 0 Å². The second-order valence-electron chi connectivity index (χ2n) is 1.67. The Kier molecular flexibility index (Phi) is 4.04. The van der Waals surface area contributed by atoms with Gasteiger partial charge in [0, 0.05) is 6.42 Å². The second kappa shape index (κ2) is 4.44. The normalized spacial score (nSPS) is 10.1. The maximum absolute atomic E-state index is 10.2. The van der Waals surface area contributed by atoms with Gasteiger partial charge >= 0.3 is 0 Å². The van der Waals surface area contributed by atoms with E-state index < -0.39 is 0 Å². The lowest BCUT2D eigenvalue weighted by Crippen LogP contribution is -1.83. The van der Waals surface area contributed by atoms with Gasteiger partial charge in [-0.3, -0.25) is 4.79 Å². The molecule has 0 atom stereocenters. The zero-order valence-electron chi connectivity index (χ0n) is 5.18. The number of hydrogen-bond acceptors (Lipinski definition) is 1. The summed E-state index contributed by atoms with van der Waals surface area (Å²) in [5.41, 5.74) is 0. The molecule has 0 saturated carbocycles. The van der Waals surface area contributed by atoms with E-state index in [1.54, 1.807) is 6.92 Å². The monoisotopic (exact) mass is 111 g/mol. The maximum atomic E-state index is 10.2. The van der Waals surface area contributed by atoms with Gasteiger partial charge in [0.15, 0.2) is 0 Å². The summed E-state index contributed by atoms with van der Waals surface area (Å²) in [5.74, 6) is 0.203. The number of ketones is 1. The zero-order chi connectivity index (χ0) is 6.41. The quantitative estimate of drug-likeness (QED) is 0.400. The molecule has 0 unspecified atom stereocenters. The largest absolute Gasteiger partial charge is 0.300 e. The standard InChI is InChI=1S/C7H11O/c1-3-4-5-6-7(2)8/h4-5H,1,3,6H2,2H3/q+1/b5-4-. The van der Waals surface area contributed by atoms with Crippen LogP contribution in [-0.2, 0) is 4.79 Å². The highest BCUT2D eigenvalue weighted by atomic mass is 16.1. The van der Waals surface area contributed by atoms with E-state index in [1.807, 2.05) is 12.2 Å². The van der Waals surface area contributed by atoms with E-state index in [9.17, 15) is 4.79 Å². The summed E-state index contributed by atoms with van der Waals surface area (Å²) >= 11 is 0. The Labute approximate surface area is 50.4 Å². The first-order chi connectivity index (χ1) is 3.77. The highest BCUT2D eigenvalue weighted by Gasteiger charge is 1.83. The average molecular weight is 111 g/mol. The molecule has 0 aliphatic heterocycles. The van der Waals surface area contributed by atoms with Crippen molar-refractivity contribution in [2.24, 2.45) is 0 Å². The van der Waals surface area contributed by atoms with Gasteiger partial charge in [0.05, 0.1) is 6.92 Å². The molecule has 0 fully saturated rings. The molecule has 1 nitrogen and oxygen atoms in total. The molecule has 0 spiro atoms. The van der Waals surface area contributed by atoms with Crippen LogP contribution < -0.4 is 0 Å². The fourth-order valence-corrected chi connectivity index (χ4v) is 0.367. The van der Waals surface area contributed by atoms with Gasteiger partial charge in [-0.05, 0) is 13.0 Å². The van der Waals surface area contributed by atoms with E-state index in [0.29, 0.717) is 6.42 Å². The second-order valence-corrected chi connectivity index (χ2v) is 1.67. The van der Waals surface area contributed by atoms with Crippen LogP contribution in [0.5, 0.6) is 0 Å². The molecular weight excluding hydrogens is 100 g/mol. The van der Waals surface area contributed by atoms with Crippen LogP contribution in [0.25, 0.3) is 0 Å². The smallest absolute Gasteiger partial charge is 0.133 e. The van der Waals surface area contributed by atoms with Crippen molar-refractivity contribution in [2.45, 2.75) is 19.8 Å². The lowest BCUT2D eigenvalue weighted by Gasteiger charge is -1.78. The Morgan fingerprint density at radius 2 is 2.25 bits per heavy atom. The number of carbonyl (C=O) groups excluding carboxylic acids is 1. The minimum atomic E-state index is 0.203. The number of Topliss-reactive ketones (excluding diaryl/α,β-unsaturated/α-hetero) is 1. The van der Waals surface area contributed by atoms with Crippen LogP contribution in [-0.4, -0.2) is 5.78 Å². The van der Waals surface area contributed by atoms with Crippen molar-refractivity contribution in [2.75, 3.05) is 0 Å². The van der Waals surface area contributed by atoms with Crippen molar-refractivity contribution in [1.82, 2.24) is 0 Å². The summed E-state index contributed by atoms with van der Waals surface area (Å²) < 4.78 is 0. The minimum absolute atomic E-state index is 0.203. The van der Waals surface area contributed by atoms with Crippen LogP contribution in [0.3, 0.4) is 0 Å². The Morgan fingerprint density at radius 1 is 1.62 bits per heavy atom. The van der Waals surface area contributed by atoms with E-state index in [1.165, 1.54) is 0 Å². The molecule has 0 radical (unpaired) electrons. The van der Waals surface area contributed by atoms with Gasteiger partial charge in [-0.25, -0.2) is 0 Å². The van der Waals surface area contributed by atoms with Crippen LogP contribution in [0.4, 0.5) is 0 Å². The number of hydrogen-bond donors (Lipinski definition) is 0. The van der Waals surface area contributed by atoms with Gasteiger partial charge in [0.25, 0.3) is 0 Å². The van der Waals surface area contributed by atoms with Crippen LogP contribution >= 0.6 is 0 Å². The molecule has 0 aromatic rings. The Bertz CT molecular complexity index is 92.6. The van der Waals surface area contributed by atoms with E-state index in [4.69, 9.17) is 0 Å². The van der Waals surface area contributed by atoms with Crippen molar-refractivity contribution in [3.63, 3.8) is 0 Å². The van der Waals surface area contributed by atoms with Crippen LogP contribution in [0.1, 0.15) is 19.8 Å². The maximum Gasteiger partial charge on any atom is 0.133 e. The summed E-state index contributed by atoms with van der Waals surface area (Å²) in [7, 11) is 0. The van der Waals surface area contributed by atoms with Crippen LogP contribution in [0.2, 0.25) is 0 Å². The SMILES string of the molecule is [CH2+]C/C=C\CC(C)=O. The minimum Gasteiger partial charge on any atom is -0.300 e. The summed E-state index contributed by atoms with van der Waals surface area (Å²) in [6, 6.07) is 0. The Hall–Kier alpha value is -0.720. The number of rotatable bonds is 3. The van der Waals surface area contributed by atoms with Crippen LogP contribution in [0, 0.1) is 6.92 Å². The fourth-order valence-electron chi connectivity index (χ4n) is 0.367. The lowest BCUT2D eigenvalue weighted by atomic mass is 10.3. The van der Waals surface area contributed by atoms with Crippen LogP contribution in [0.15, 0.2) is 12.2 Å². The average Bonchev–Trinajstić information content (AvgIpc) is 1.66. The van der Waals surface area contributed by atoms with E-state index in [0.717, 1.165) is 6.42 Å². The first-order valence-corrected chi connectivity index (χ1v) is 2.71. The first kappa shape index (κ1) is 7.28. The summed E-state index contributed by atoms with van der Waals surface area (Å²) in [4.78, 5) is 10.2. The van der Waals surface area contributed by atoms with Crippen molar-refractivity contribution in [1.29, 1.82) is 0 Å². The third kappa shape index (κ3) is 5.28. The fraction of sp³-hybridized carbons (Fsp3) is 0.429. The molecule has 0 N–H and O–H groups in total. The lowest BCUT2D eigenvalue weighted by molar-refractivity contribution is -0.116. The molecule has 0 amide bonds. The molecule has 0 heterocycles. The van der Waals surface area contributed by atoms with Gasteiger partial charge in [0.2, 0.25) is 0 Å². The summed E-state index contributed by atoms with van der Waals surface area (Å²) in [5, 5.41) is 0. The Morgan fingerprint density at radius 3 is 2.62 bits per heavy atom. The topological polar surface area (TPSA) is 17.1 Å². The van der Waals surface area contributed by atoms with E-state index in [2.05, 4.69) is 6.92 Å². The number of allylic oxidation sites excluding steroid dienone is 2. The molecule has 0 aromatic heterocycles. The predicted octanol–water partition coefficient (Wildman–Crippen LogP) is 1.75. The van der Waals surface area contributed by atoms with Gasteiger partial charge in [-0.1, -0.05) is 6.08 Å². The van der Waals surface area contributed by atoms with E-state index in [-0.39, 0.29) is 5.78 Å². The zero-order valence-corrected chi connectivity index (χ0v) is 5.18. The number of carbonyl (C=O) groups is 1. The van der Waals surface area contributed by atoms with Crippen molar-refractivity contribution < 1.29 is 4.79 Å². The third-order valence-corrected chi connectivity index (χ3v) is 0.739. The molecule has 1 heteroatoms. The first-order valence-electron chi connectivity index (χ1n) is 2.71. The Balaban J connectivity index is 3.16. The molecule has 8 heavy (non-hydrogen) atoms. The molecule has 0 aliphatic rings. The van der Waals surface area contributed by atoms with Gasteiger partial charge in [-0.2, -0.15) is 0 Å². The van der Waals surface area contributed by atoms with Gasteiger partial charge in [0.1, 0.15) is 12.2 Å². The summed E-state index contributed by atoms with van der Waals surface area (Å²) in [6.07, 6.45) is 5.06. The van der Waals surface area contributed by atoms with E-state index >= 15 is 0 Å². The van der Waals surface area contributed by atoms with Gasteiger partial charge in [-0.15, -0.1) is 0 Å². The highest BCUT2D eigenvalue weighted by Crippen LogP contribution is 1.85. The molecule has 0 bridgehead atoms. The molecule has 0 aliphatic carbocycles. The molecule has 0 rings (SSSR count). The third-order valence-electron chi connectivity index (χ3n) is 0.739. The molecular formula is C7H11O+. The summed E-state index contributed by atoms with van der Waals surface area (Å²) in [6.45, 7) is 5.16. The van der Waals surface area contributed by atoms with Gasteiger partial charge < -0.3 is 0 Å². The molecule has 0 saturated heterocycles. The highest BCUT2D eigenvalue weighted by molar-refractivity contribution is 5.76.